The van der Waals surface area contributed by atoms with E-state index < -0.39 is 0 Å². The summed E-state index contributed by atoms with van der Waals surface area (Å²) in [7, 11) is 0. The van der Waals surface area contributed by atoms with Crippen LogP contribution in [0.15, 0.2) is 73.3 Å². The molecule has 1 aliphatic heterocycles. The fraction of sp³-hybridized carbons (Fsp3) is 0.222. The summed E-state index contributed by atoms with van der Waals surface area (Å²) in [4.78, 5) is 0. The highest BCUT2D eigenvalue weighted by atomic mass is 35.5. The van der Waals surface area contributed by atoms with Crippen LogP contribution in [-0.2, 0) is 9.47 Å². The van der Waals surface area contributed by atoms with Gasteiger partial charge in [0.25, 0.3) is 0 Å². The maximum absolute atomic E-state index is 5.66. The fourth-order valence-corrected chi connectivity index (χ4v) is 2.02. The number of epoxide rings is 1. The number of hydrogen-bond donors (Lipinski definition) is 0. The van der Waals surface area contributed by atoms with E-state index in [1.54, 1.807) is 6.08 Å². The Balaban J connectivity index is 0.000000194. The average Bonchev–Trinajstić information content (AvgIpc) is 3.35. The zero-order valence-corrected chi connectivity index (χ0v) is 12.6. The van der Waals surface area contributed by atoms with Crippen LogP contribution in [0.2, 0.25) is 5.02 Å². The predicted octanol–water partition coefficient (Wildman–Crippen LogP) is 4.67. The molecule has 3 rings (SSSR count). The van der Waals surface area contributed by atoms with Gasteiger partial charge < -0.3 is 9.47 Å². The molecule has 2 atom stereocenters. The van der Waals surface area contributed by atoms with E-state index in [1.807, 2.05) is 48.5 Å². The smallest absolute Gasteiger partial charge is 0.111 e. The lowest BCUT2D eigenvalue weighted by molar-refractivity contribution is 0.0510. The van der Waals surface area contributed by atoms with Crippen molar-refractivity contribution >= 4 is 11.6 Å². The van der Waals surface area contributed by atoms with Crippen molar-refractivity contribution < 1.29 is 9.47 Å². The van der Waals surface area contributed by atoms with Crippen LogP contribution in [0.4, 0.5) is 0 Å². The average molecular weight is 303 g/mol. The van der Waals surface area contributed by atoms with Gasteiger partial charge in [0, 0.05) is 5.02 Å². The quantitative estimate of drug-likeness (QED) is 0.591. The number of ether oxygens (including phenoxy) is 2. The molecule has 0 saturated carbocycles. The first-order valence-corrected chi connectivity index (χ1v) is 7.28. The summed E-state index contributed by atoms with van der Waals surface area (Å²) < 4.78 is 10.9. The Morgan fingerprint density at radius 1 is 1.14 bits per heavy atom. The van der Waals surface area contributed by atoms with E-state index in [1.165, 1.54) is 5.56 Å². The van der Waals surface area contributed by atoms with Gasteiger partial charge in [-0.05, 0) is 17.7 Å². The number of rotatable bonds is 5. The lowest BCUT2D eigenvalue weighted by Gasteiger charge is -2.14. The van der Waals surface area contributed by atoms with Gasteiger partial charge in [0.1, 0.15) is 12.2 Å². The molecule has 2 nitrogen and oxygen atoms in total. The van der Waals surface area contributed by atoms with Crippen LogP contribution in [0.5, 0.6) is 0 Å². The van der Waals surface area contributed by atoms with Gasteiger partial charge in [-0.25, -0.2) is 0 Å². The van der Waals surface area contributed by atoms with Crippen LogP contribution < -0.4 is 0 Å². The molecule has 2 aromatic rings. The Hall–Kier alpha value is -1.61. The Bertz CT molecular complexity index is 523. The molecule has 0 amide bonds. The second-order valence-electron chi connectivity index (χ2n) is 4.62. The van der Waals surface area contributed by atoms with Crippen LogP contribution >= 0.6 is 11.6 Å². The van der Waals surface area contributed by atoms with E-state index in [9.17, 15) is 0 Å². The Morgan fingerprint density at radius 2 is 1.71 bits per heavy atom. The first-order chi connectivity index (χ1) is 10.3. The van der Waals surface area contributed by atoms with E-state index >= 15 is 0 Å². The Labute approximate surface area is 131 Å². The van der Waals surface area contributed by atoms with Gasteiger partial charge in [-0.15, -0.1) is 6.58 Å². The minimum Gasteiger partial charge on any atom is -0.370 e. The topological polar surface area (TPSA) is 21.8 Å². The lowest BCUT2D eigenvalue weighted by atomic mass is 10.1. The van der Waals surface area contributed by atoms with Crippen molar-refractivity contribution in [3.63, 3.8) is 0 Å². The summed E-state index contributed by atoms with van der Waals surface area (Å²) in [6.07, 6.45) is 2.06. The zero-order valence-electron chi connectivity index (χ0n) is 11.8. The maximum atomic E-state index is 5.66. The maximum Gasteiger partial charge on any atom is 0.111 e. The second-order valence-corrected chi connectivity index (χ2v) is 5.06. The Kier molecular flexibility index (Phi) is 6.48. The molecule has 0 N–H and O–H groups in total. The zero-order chi connectivity index (χ0) is 14.9. The molecule has 1 heterocycles. The highest BCUT2D eigenvalue weighted by Crippen LogP contribution is 2.30. The molecule has 110 valence electrons. The second kappa shape index (κ2) is 8.63. The summed E-state index contributed by atoms with van der Waals surface area (Å²) in [6, 6.07) is 19.6. The van der Waals surface area contributed by atoms with Crippen molar-refractivity contribution in [2.24, 2.45) is 0 Å². The van der Waals surface area contributed by atoms with Crippen molar-refractivity contribution in [2.75, 3.05) is 13.2 Å². The van der Waals surface area contributed by atoms with Gasteiger partial charge in [0.15, 0.2) is 0 Å². The SMILES string of the molecule is C=CCOC(c1ccccc1)C1CO1.Clc1ccccc1. The largest absolute Gasteiger partial charge is 0.370 e. The third-order valence-corrected chi connectivity index (χ3v) is 3.20. The summed E-state index contributed by atoms with van der Waals surface area (Å²) in [5.41, 5.74) is 1.18. The van der Waals surface area contributed by atoms with Crippen molar-refractivity contribution in [3.05, 3.63) is 83.9 Å². The van der Waals surface area contributed by atoms with Gasteiger partial charge in [-0.3, -0.25) is 0 Å². The van der Waals surface area contributed by atoms with Crippen molar-refractivity contribution in [2.45, 2.75) is 12.2 Å². The lowest BCUT2D eigenvalue weighted by Crippen LogP contribution is -2.10. The first kappa shape index (κ1) is 15.8. The normalized spacial score (nSPS) is 17.3. The molecule has 0 radical (unpaired) electrons. The van der Waals surface area contributed by atoms with E-state index in [2.05, 4.69) is 18.7 Å². The molecule has 0 spiro atoms. The molecule has 21 heavy (non-hydrogen) atoms. The highest BCUT2D eigenvalue weighted by Gasteiger charge is 2.34. The van der Waals surface area contributed by atoms with Gasteiger partial charge in [-0.1, -0.05) is 66.2 Å². The third-order valence-electron chi connectivity index (χ3n) is 2.95. The van der Waals surface area contributed by atoms with Crippen molar-refractivity contribution in [1.82, 2.24) is 0 Å². The molecule has 0 bridgehead atoms. The summed E-state index contributed by atoms with van der Waals surface area (Å²) in [6.45, 7) is 5.01. The molecule has 2 aromatic carbocycles. The summed E-state index contributed by atoms with van der Waals surface area (Å²) in [5.74, 6) is 0. The van der Waals surface area contributed by atoms with E-state index in [0.717, 1.165) is 11.6 Å². The summed E-state index contributed by atoms with van der Waals surface area (Å²) in [5, 5.41) is 0.794. The number of benzene rings is 2. The number of halogens is 1. The van der Waals surface area contributed by atoms with Crippen LogP contribution in [0.25, 0.3) is 0 Å². The molecule has 0 aromatic heterocycles. The molecule has 2 unspecified atom stereocenters. The van der Waals surface area contributed by atoms with Crippen LogP contribution in [0.1, 0.15) is 11.7 Å². The minimum atomic E-state index is 0.0641. The van der Waals surface area contributed by atoms with E-state index in [4.69, 9.17) is 21.1 Å². The van der Waals surface area contributed by atoms with Crippen LogP contribution in [0.3, 0.4) is 0 Å². The molecule has 1 saturated heterocycles. The highest BCUT2D eigenvalue weighted by molar-refractivity contribution is 6.30. The molecular formula is C18H19ClO2. The van der Waals surface area contributed by atoms with Gasteiger partial charge in [-0.2, -0.15) is 0 Å². The van der Waals surface area contributed by atoms with Crippen LogP contribution in [0, 0.1) is 0 Å². The molecular weight excluding hydrogens is 284 g/mol. The van der Waals surface area contributed by atoms with Crippen molar-refractivity contribution in [3.8, 4) is 0 Å². The minimum absolute atomic E-state index is 0.0641. The van der Waals surface area contributed by atoms with Crippen LogP contribution in [-0.4, -0.2) is 19.3 Å². The molecule has 3 heteroatoms. The number of hydrogen-bond acceptors (Lipinski definition) is 2. The monoisotopic (exact) mass is 302 g/mol. The molecule has 1 fully saturated rings. The fourth-order valence-electron chi connectivity index (χ4n) is 1.88. The molecule has 1 aliphatic rings. The van der Waals surface area contributed by atoms with E-state index in [0.29, 0.717) is 6.61 Å². The summed E-state index contributed by atoms with van der Waals surface area (Å²) >= 11 is 5.54. The standard InChI is InChI=1S/C12H14O2.C6H5Cl/c1-2-8-13-12(11-9-14-11)10-6-4-3-5-7-10;7-6-4-2-1-3-5-6/h2-7,11-12H,1,8-9H2;1-5H. The first-order valence-electron chi connectivity index (χ1n) is 6.91. The van der Waals surface area contributed by atoms with Crippen molar-refractivity contribution in [1.29, 1.82) is 0 Å². The van der Waals surface area contributed by atoms with Gasteiger partial charge in [0.05, 0.1) is 13.2 Å². The van der Waals surface area contributed by atoms with Gasteiger partial charge >= 0.3 is 0 Å². The predicted molar refractivity (Wildman–Crippen MR) is 86.5 cm³/mol. The Morgan fingerprint density at radius 3 is 2.14 bits per heavy atom. The van der Waals surface area contributed by atoms with Gasteiger partial charge in [0.2, 0.25) is 0 Å². The third kappa shape index (κ3) is 5.72. The molecule has 0 aliphatic carbocycles. The van der Waals surface area contributed by atoms with E-state index in [-0.39, 0.29) is 12.2 Å².